The molecule has 7 unspecified atom stereocenters. The number of allylic oxidation sites excluding steroid dienone is 3. The molecule has 60 heavy (non-hydrogen) atoms. The van der Waals surface area contributed by atoms with Gasteiger partial charge in [0.2, 0.25) is 5.78 Å². The number of unbranched alkanes of at least 4 members (excludes halogenated alkanes) is 16. The lowest BCUT2D eigenvalue weighted by molar-refractivity contribution is -0.261. The van der Waals surface area contributed by atoms with Crippen molar-refractivity contribution in [2.45, 2.75) is 197 Å². The SMILES string of the molecule is CCCCCCCC(=O)C1=C2C=C3C=C(/C=C\C(=O)O)N(C4C(O)OC(CCCCCCCCCCCCCCCC(C)(O)C(=O)O)C(O)C4O)C=C3C(=O)C2(C)OC1=O. The van der Waals surface area contributed by atoms with Gasteiger partial charge < -0.3 is 45.0 Å². The summed E-state index contributed by atoms with van der Waals surface area (Å²) in [7, 11) is 0. The first-order chi connectivity index (χ1) is 28.5. The Labute approximate surface area is 353 Å². The van der Waals surface area contributed by atoms with Gasteiger partial charge in [0.05, 0.1) is 6.10 Å². The third-order valence-corrected chi connectivity index (χ3v) is 12.2. The third-order valence-electron chi connectivity index (χ3n) is 12.2. The number of rotatable bonds is 27. The number of hydrogen-bond donors (Lipinski definition) is 6. The average Bonchev–Trinajstić information content (AvgIpc) is 3.46. The molecule has 7 atom stereocenters. The van der Waals surface area contributed by atoms with Gasteiger partial charge in [0.15, 0.2) is 23.3 Å². The van der Waals surface area contributed by atoms with Crippen molar-refractivity contribution in [3.63, 3.8) is 0 Å². The zero-order valence-electron chi connectivity index (χ0n) is 35.6. The Morgan fingerprint density at radius 2 is 1.38 bits per heavy atom. The first-order valence-electron chi connectivity index (χ1n) is 22.1. The number of ether oxygens (including phenoxy) is 2. The van der Waals surface area contributed by atoms with Crippen LogP contribution in [0.5, 0.6) is 0 Å². The number of aliphatic hydroxyl groups excluding tert-OH is 3. The summed E-state index contributed by atoms with van der Waals surface area (Å²) in [6.07, 6.45) is 19.3. The number of carboxylic acids is 2. The maximum atomic E-state index is 14.1. The number of esters is 1. The van der Waals surface area contributed by atoms with E-state index in [1.54, 1.807) is 0 Å². The van der Waals surface area contributed by atoms with E-state index in [4.69, 9.17) is 14.6 Å². The van der Waals surface area contributed by atoms with Gasteiger partial charge in [-0.2, -0.15) is 0 Å². The number of nitrogens with zero attached hydrogens (tertiary/aromatic N) is 1. The lowest BCUT2D eigenvalue weighted by Crippen LogP contribution is -2.62. The summed E-state index contributed by atoms with van der Waals surface area (Å²) >= 11 is 0. The molecule has 1 fully saturated rings. The molecule has 0 saturated carbocycles. The van der Waals surface area contributed by atoms with Crippen LogP contribution >= 0.6 is 0 Å². The van der Waals surface area contributed by atoms with E-state index in [1.165, 1.54) is 43.2 Å². The van der Waals surface area contributed by atoms with E-state index in [-0.39, 0.29) is 40.8 Å². The molecule has 14 nitrogen and oxygen atoms in total. The predicted octanol–water partition coefficient (Wildman–Crippen LogP) is 6.26. The number of carbonyl (C=O) groups is 5. The minimum atomic E-state index is -1.79. The van der Waals surface area contributed by atoms with E-state index < -0.39 is 71.3 Å². The van der Waals surface area contributed by atoms with Crippen molar-refractivity contribution < 1.29 is 64.1 Å². The quantitative estimate of drug-likeness (QED) is 0.0232. The number of fused-ring (bicyclic) bond motifs is 2. The highest BCUT2D eigenvalue weighted by molar-refractivity contribution is 6.25. The zero-order valence-corrected chi connectivity index (χ0v) is 35.6. The van der Waals surface area contributed by atoms with Crippen LogP contribution in [-0.4, -0.2) is 107 Å². The Bertz CT molecular complexity index is 1710. The highest BCUT2D eigenvalue weighted by Crippen LogP contribution is 2.45. The summed E-state index contributed by atoms with van der Waals surface area (Å²) in [4.78, 5) is 64.4. The van der Waals surface area contributed by atoms with Gasteiger partial charge in [0.25, 0.3) is 0 Å². The van der Waals surface area contributed by atoms with E-state index in [1.807, 2.05) is 0 Å². The summed E-state index contributed by atoms with van der Waals surface area (Å²) in [6.45, 7) is 4.85. The van der Waals surface area contributed by atoms with Gasteiger partial charge in [0.1, 0.15) is 23.8 Å². The molecule has 1 aliphatic carbocycles. The van der Waals surface area contributed by atoms with Crippen LogP contribution in [0, 0.1) is 0 Å². The molecule has 0 bridgehead atoms. The maximum Gasteiger partial charge on any atom is 0.343 e. The normalized spacial score (nSPS) is 26.3. The van der Waals surface area contributed by atoms with Crippen molar-refractivity contribution in [3.05, 3.63) is 58.5 Å². The van der Waals surface area contributed by atoms with Crippen LogP contribution in [0.2, 0.25) is 0 Å². The fourth-order valence-corrected chi connectivity index (χ4v) is 8.50. The fourth-order valence-electron chi connectivity index (χ4n) is 8.50. The molecule has 0 aromatic carbocycles. The molecule has 1 saturated heterocycles. The highest BCUT2D eigenvalue weighted by atomic mass is 16.6. The van der Waals surface area contributed by atoms with Crippen LogP contribution in [-0.2, 0) is 33.4 Å². The molecule has 4 rings (SSSR count). The van der Waals surface area contributed by atoms with Gasteiger partial charge in [-0.3, -0.25) is 9.59 Å². The predicted molar refractivity (Wildman–Crippen MR) is 222 cm³/mol. The van der Waals surface area contributed by atoms with Crippen molar-refractivity contribution in [2.24, 2.45) is 0 Å². The van der Waals surface area contributed by atoms with Crippen LogP contribution in [0.25, 0.3) is 0 Å². The summed E-state index contributed by atoms with van der Waals surface area (Å²) in [5, 5.41) is 62.1. The van der Waals surface area contributed by atoms with Crippen molar-refractivity contribution in [1.29, 1.82) is 0 Å². The Morgan fingerprint density at radius 1 is 0.817 bits per heavy atom. The number of aliphatic hydroxyl groups is 4. The van der Waals surface area contributed by atoms with Crippen molar-refractivity contribution in [2.75, 3.05) is 0 Å². The topological polar surface area (TPSA) is 228 Å². The maximum absolute atomic E-state index is 14.1. The van der Waals surface area contributed by atoms with Crippen molar-refractivity contribution >= 4 is 29.5 Å². The lowest BCUT2D eigenvalue weighted by atomic mass is 9.76. The molecule has 334 valence electrons. The zero-order chi connectivity index (χ0) is 44.0. The van der Waals surface area contributed by atoms with Crippen LogP contribution < -0.4 is 0 Å². The van der Waals surface area contributed by atoms with Gasteiger partial charge in [0, 0.05) is 35.5 Å². The van der Waals surface area contributed by atoms with Crippen LogP contribution in [0.3, 0.4) is 0 Å². The molecule has 0 spiro atoms. The lowest BCUT2D eigenvalue weighted by Gasteiger charge is -2.47. The summed E-state index contributed by atoms with van der Waals surface area (Å²) in [6, 6.07) is -1.34. The molecule has 0 aromatic heterocycles. The second-order valence-corrected chi connectivity index (χ2v) is 17.2. The van der Waals surface area contributed by atoms with Gasteiger partial charge >= 0.3 is 17.9 Å². The summed E-state index contributed by atoms with van der Waals surface area (Å²) < 4.78 is 11.5. The Hall–Kier alpha value is -3.95. The largest absolute Gasteiger partial charge is 0.479 e. The summed E-state index contributed by atoms with van der Waals surface area (Å²) in [5.41, 5.74) is -2.99. The second kappa shape index (κ2) is 22.8. The van der Waals surface area contributed by atoms with Crippen LogP contribution in [0.15, 0.2) is 58.5 Å². The third kappa shape index (κ3) is 12.6. The molecular weight excluding hydrogens is 775 g/mol. The average molecular weight is 842 g/mol. The Balaban J connectivity index is 1.29. The van der Waals surface area contributed by atoms with Gasteiger partial charge in [-0.05, 0) is 63.3 Å². The molecule has 6 N–H and O–H groups in total. The van der Waals surface area contributed by atoms with Crippen LogP contribution in [0.1, 0.15) is 156 Å². The van der Waals surface area contributed by atoms with Gasteiger partial charge in [-0.1, -0.05) is 110 Å². The molecular formula is C46H67NO13. The molecule has 3 aliphatic heterocycles. The van der Waals surface area contributed by atoms with E-state index >= 15 is 0 Å². The number of Topliss-reactive ketones (excluding diaryl/α,β-unsaturated/α-hetero) is 2. The minimum absolute atomic E-state index is 0.0456. The first-order valence-corrected chi connectivity index (χ1v) is 22.1. The standard InChI is InChI=1S/C46H67NO13/c1-4-5-6-16-19-22-34(48)37-33-28-30-27-31(24-25-36(49)50)47(29-32(30)41(53)46(33,3)60-42(37)54)38-40(52)39(51)35(59-43(38)55)23-20-17-14-12-10-8-7-9-11-13-15-18-21-26-45(2,58)44(56)57/h24-25,27-29,35,38-40,43,51-52,55,58H,4-23,26H2,1-3H3,(H,49,50)(H,56,57)/b25-24-. The highest BCUT2D eigenvalue weighted by Gasteiger charge is 2.55. The monoisotopic (exact) mass is 841 g/mol. The van der Waals surface area contributed by atoms with Gasteiger partial charge in [-0.15, -0.1) is 0 Å². The molecule has 14 heteroatoms. The number of hydrogen-bond acceptors (Lipinski definition) is 12. The number of carboxylic acid groups (broad SMARTS) is 2. The van der Waals surface area contributed by atoms with E-state index in [0.717, 1.165) is 102 Å². The molecule has 3 heterocycles. The molecule has 0 radical (unpaired) electrons. The Morgan fingerprint density at radius 3 is 1.97 bits per heavy atom. The van der Waals surface area contributed by atoms with Crippen molar-refractivity contribution in [3.8, 4) is 0 Å². The first kappa shape index (κ1) is 48.7. The van der Waals surface area contributed by atoms with Crippen LogP contribution in [0.4, 0.5) is 0 Å². The minimum Gasteiger partial charge on any atom is -0.479 e. The second-order valence-electron chi connectivity index (χ2n) is 17.2. The number of carbonyl (C=O) groups excluding carboxylic acids is 3. The smallest absolute Gasteiger partial charge is 0.343 e. The molecule has 0 amide bonds. The van der Waals surface area contributed by atoms with Crippen molar-refractivity contribution in [1.82, 2.24) is 4.90 Å². The van der Waals surface area contributed by atoms with E-state index in [2.05, 4.69) is 6.92 Å². The number of aliphatic carboxylic acids is 2. The molecule has 4 aliphatic rings. The number of ketones is 2. The van der Waals surface area contributed by atoms with E-state index in [0.29, 0.717) is 25.7 Å². The van der Waals surface area contributed by atoms with Gasteiger partial charge in [-0.25, -0.2) is 14.4 Å². The molecule has 0 aromatic rings. The van der Waals surface area contributed by atoms with E-state index in [9.17, 15) is 49.5 Å². The summed E-state index contributed by atoms with van der Waals surface area (Å²) in [5.74, 6) is -4.38. The Kier molecular flexibility index (Phi) is 18.5. The fraction of sp³-hybridized carbons (Fsp3) is 0.674.